The molecule has 62 heavy (non-hydrogen) atoms. The summed E-state index contributed by atoms with van der Waals surface area (Å²) in [5.74, 6) is 0. The van der Waals surface area contributed by atoms with Crippen LogP contribution < -0.4 is 4.90 Å². The van der Waals surface area contributed by atoms with Crippen molar-refractivity contribution >= 4 is 49.4 Å². The van der Waals surface area contributed by atoms with Gasteiger partial charge in [-0.3, -0.25) is 0 Å². The fourth-order valence-electron chi connectivity index (χ4n) is 10.4. The Labute approximate surface area is 362 Å². The fourth-order valence-corrected chi connectivity index (χ4v) is 10.4. The first kappa shape index (κ1) is 35.9. The number of hydrogen-bond acceptors (Lipinski definition) is 1. The van der Waals surface area contributed by atoms with Gasteiger partial charge < -0.3 is 4.90 Å². The van der Waals surface area contributed by atoms with Crippen LogP contribution in [0.4, 0.5) is 17.1 Å². The van der Waals surface area contributed by atoms with E-state index in [1.165, 1.54) is 88.0 Å². The van der Waals surface area contributed by atoms with E-state index in [1.807, 2.05) is 0 Å². The van der Waals surface area contributed by atoms with Crippen LogP contribution in [0.15, 0.2) is 249 Å². The van der Waals surface area contributed by atoms with Crippen molar-refractivity contribution in [2.24, 2.45) is 0 Å². The second kappa shape index (κ2) is 14.6. The Kier molecular flexibility index (Phi) is 8.47. The minimum atomic E-state index is -0.544. The molecule has 1 aliphatic rings. The Morgan fingerprint density at radius 2 is 0.758 bits per heavy atom. The molecule has 0 amide bonds. The lowest BCUT2D eigenvalue weighted by Crippen LogP contribution is -2.28. The van der Waals surface area contributed by atoms with Gasteiger partial charge in [0.25, 0.3) is 0 Å². The molecular weight excluding hydrogens is 747 g/mol. The highest BCUT2D eigenvalue weighted by molar-refractivity contribution is 6.07. The summed E-state index contributed by atoms with van der Waals surface area (Å²) in [6.45, 7) is 0. The summed E-state index contributed by atoms with van der Waals surface area (Å²) in [7, 11) is 0. The number of benzene rings is 11. The zero-order valence-corrected chi connectivity index (χ0v) is 34.1. The van der Waals surface area contributed by atoms with Crippen molar-refractivity contribution in [2.45, 2.75) is 5.41 Å². The van der Waals surface area contributed by atoms with Gasteiger partial charge in [0.2, 0.25) is 0 Å². The van der Waals surface area contributed by atoms with Crippen LogP contribution in [0, 0.1) is 0 Å². The first-order valence-electron chi connectivity index (χ1n) is 21.5. The molecule has 0 fully saturated rings. The zero-order valence-electron chi connectivity index (χ0n) is 34.1. The normalized spacial score (nSPS) is 12.6. The summed E-state index contributed by atoms with van der Waals surface area (Å²) in [5, 5.41) is 7.30. The first-order valence-corrected chi connectivity index (χ1v) is 21.5. The Bertz CT molecular complexity index is 3420. The molecule has 0 atom stereocenters. The molecule has 0 radical (unpaired) electrons. The summed E-state index contributed by atoms with van der Waals surface area (Å²) in [6.07, 6.45) is 0. The van der Waals surface area contributed by atoms with E-state index < -0.39 is 5.41 Å². The molecule has 0 aliphatic heterocycles. The standard InChI is InChI=1S/C61H41N/c1-3-24-46(25-4-1)61(47-26-5-2-6-27-47)57-34-14-13-31-54(57)55-39-37-48(41-58(55)61)62(59-35-17-23-44-20-9-12-30-52(44)59)60-40-45(51-32-15-21-42-18-7-10-28-49(42)51)36-38-56(60)53-33-16-22-43-19-8-11-29-50(43)53/h1-41H. The Morgan fingerprint density at radius 1 is 0.274 bits per heavy atom. The van der Waals surface area contributed by atoms with Gasteiger partial charge in [-0.05, 0) is 101 Å². The highest BCUT2D eigenvalue weighted by Gasteiger charge is 2.46. The SMILES string of the molecule is c1ccc(C2(c3ccccc3)c3ccccc3-c3ccc(N(c4cc(-c5cccc6ccccc56)ccc4-c4cccc5ccccc45)c4cccc5ccccc45)cc32)cc1. The highest BCUT2D eigenvalue weighted by atomic mass is 15.1. The zero-order chi connectivity index (χ0) is 41.0. The van der Waals surface area contributed by atoms with E-state index in [1.54, 1.807) is 0 Å². The molecule has 0 saturated carbocycles. The van der Waals surface area contributed by atoms with Crippen molar-refractivity contribution < 1.29 is 0 Å². The predicted molar refractivity (Wildman–Crippen MR) is 262 cm³/mol. The lowest BCUT2D eigenvalue weighted by Gasteiger charge is -2.35. The summed E-state index contributed by atoms with van der Waals surface area (Å²) in [6, 6.07) is 91.9. The predicted octanol–water partition coefficient (Wildman–Crippen LogP) is 16.3. The first-order chi connectivity index (χ1) is 30.8. The summed E-state index contributed by atoms with van der Waals surface area (Å²) >= 11 is 0. The van der Waals surface area contributed by atoms with E-state index in [0.717, 1.165) is 17.1 Å². The molecule has 0 heterocycles. The lowest BCUT2D eigenvalue weighted by atomic mass is 9.67. The van der Waals surface area contributed by atoms with Crippen LogP contribution >= 0.6 is 0 Å². The highest BCUT2D eigenvalue weighted by Crippen LogP contribution is 2.58. The molecule has 0 aromatic heterocycles. The van der Waals surface area contributed by atoms with Crippen LogP contribution in [0.5, 0.6) is 0 Å². The molecule has 1 heteroatoms. The second-order valence-electron chi connectivity index (χ2n) is 16.4. The third-order valence-electron chi connectivity index (χ3n) is 13.1. The Balaban J connectivity index is 1.20. The topological polar surface area (TPSA) is 3.24 Å². The van der Waals surface area contributed by atoms with Crippen molar-refractivity contribution in [3.63, 3.8) is 0 Å². The molecule has 0 saturated heterocycles. The number of anilines is 3. The number of nitrogens with zero attached hydrogens (tertiary/aromatic N) is 1. The third kappa shape index (κ3) is 5.56. The largest absolute Gasteiger partial charge is 0.309 e. The van der Waals surface area contributed by atoms with Crippen LogP contribution in [-0.2, 0) is 5.41 Å². The van der Waals surface area contributed by atoms with E-state index in [4.69, 9.17) is 0 Å². The van der Waals surface area contributed by atoms with Crippen LogP contribution in [0.2, 0.25) is 0 Å². The van der Waals surface area contributed by atoms with E-state index in [-0.39, 0.29) is 0 Å². The van der Waals surface area contributed by atoms with Gasteiger partial charge in [0, 0.05) is 16.6 Å². The molecule has 290 valence electrons. The van der Waals surface area contributed by atoms with Crippen LogP contribution in [-0.4, -0.2) is 0 Å². The van der Waals surface area contributed by atoms with Crippen molar-refractivity contribution in [1.29, 1.82) is 0 Å². The molecule has 1 nitrogen and oxygen atoms in total. The van der Waals surface area contributed by atoms with Crippen molar-refractivity contribution in [2.75, 3.05) is 4.90 Å². The van der Waals surface area contributed by atoms with E-state index in [2.05, 4.69) is 254 Å². The third-order valence-corrected chi connectivity index (χ3v) is 13.1. The number of fused-ring (bicyclic) bond motifs is 6. The maximum atomic E-state index is 2.54. The number of hydrogen-bond donors (Lipinski definition) is 0. The van der Waals surface area contributed by atoms with Crippen LogP contribution in [0.3, 0.4) is 0 Å². The molecule has 0 N–H and O–H groups in total. The van der Waals surface area contributed by atoms with Crippen molar-refractivity contribution in [3.8, 4) is 33.4 Å². The molecule has 0 bridgehead atoms. The van der Waals surface area contributed by atoms with E-state index in [9.17, 15) is 0 Å². The average Bonchev–Trinajstić information content (AvgIpc) is 3.65. The minimum Gasteiger partial charge on any atom is -0.309 e. The van der Waals surface area contributed by atoms with Gasteiger partial charge in [-0.2, -0.15) is 0 Å². The summed E-state index contributed by atoms with van der Waals surface area (Å²) in [4.78, 5) is 2.54. The quantitative estimate of drug-likeness (QED) is 0.155. The molecule has 11 aromatic carbocycles. The van der Waals surface area contributed by atoms with Gasteiger partial charge in [0.15, 0.2) is 0 Å². The number of rotatable bonds is 7. The summed E-state index contributed by atoms with van der Waals surface area (Å²) < 4.78 is 0. The molecular formula is C61H41N. The van der Waals surface area contributed by atoms with Gasteiger partial charge >= 0.3 is 0 Å². The fraction of sp³-hybridized carbons (Fsp3) is 0.0164. The molecule has 0 spiro atoms. The molecule has 1 aliphatic carbocycles. The van der Waals surface area contributed by atoms with Crippen molar-refractivity contribution in [1.82, 2.24) is 0 Å². The maximum Gasteiger partial charge on any atom is 0.0714 e. The maximum absolute atomic E-state index is 2.54. The molecule has 0 unspecified atom stereocenters. The van der Waals surface area contributed by atoms with Gasteiger partial charge in [0.1, 0.15) is 0 Å². The minimum absolute atomic E-state index is 0.544. The summed E-state index contributed by atoms with van der Waals surface area (Å²) in [5.41, 5.74) is 15.1. The molecule has 11 aromatic rings. The monoisotopic (exact) mass is 787 g/mol. The molecule has 12 rings (SSSR count). The Hall–Kier alpha value is -8.00. The van der Waals surface area contributed by atoms with Gasteiger partial charge in [0.05, 0.1) is 16.8 Å². The van der Waals surface area contributed by atoms with Gasteiger partial charge in [-0.1, -0.05) is 224 Å². The van der Waals surface area contributed by atoms with E-state index in [0.29, 0.717) is 0 Å². The van der Waals surface area contributed by atoms with Crippen LogP contribution in [0.1, 0.15) is 22.3 Å². The second-order valence-corrected chi connectivity index (χ2v) is 16.4. The smallest absolute Gasteiger partial charge is 0.0714 e. The van der Waals surface area contributed by atoms with Gasteiger partial charge in [-0.15, -0.1) is 0 Å². The van der Waals surface area contributed by atoms with Crippen molar-refractivity contribution in [3.05, 3.63) is 271 Å². The Morgan fingerprint density at radius 3 is 1.45 bits per heavy atom. The van der Waals surface area contributed by atoms with Crippen LogP contribution in [0.25, 0.3) is 65.7 Å². The van der Waals surface area contributed by atoms with E-state index >= 15 is 0 Å². The average molecular weight is 788 g/mol. The lowest BCUT2D eigenvalue weighted by molar-refractivity contribution is 0.768. The van der Waals surface area contributed by atoms with Gasteiger partial charge in [-0.25, -0.2) is 0 Å².